The van der Waals surface area contributed by atoms with E-state index >= 15 is 0 Å². The fourth-order valence-corrected chi connectivity index (χ4v) is 1.27. The number of carbonyl (C=O) groups is 1. The number of halogens is 2. The third-order valence-electron chi connectivity index (χ3n) is 1.29. The van der Waals surface area contributed by atoms with E-state index in [4.69, 9.17) is 4.74 Å². The molecule has 1 aromatic rings. The molecular weight excluding hydrogens is 302 g/mol. The van der Waals surface area contributed by atoms with Crippen LogP contribution in [0.5, 0.6) is 0 Å². The summed E-state index contributed by atoms with van der Waals surface area (Å²) in [6.07, 6.45) is 1.55. The van der Waals surface area contributed by atoms with E-state index in [1.54, 1.807) is 19.2 Å². The molecule has 13 heavy (non-hydrogen) atoms. The van der Waals surface area contributed by atoms with Crippen LogP contribution in [0.2, 0.25) is 0 Å². The van der Waals surface area contributed by atoms with Gasteiger partial charge in [-0.1, -0.05) is 0 Å². The molecule has 70 valence electrons. The Hall–Kier alpha value is -0.420. The lowest BCUT2D eigenvalue weighted by Gasteiger charge is -2.01. The molecule has 1 rings (SSSR count). The highest BCUT2D eigenvalue weighted by Gasteiger charge is 2.09. The smallest absolute Gasteiger partial charge is 0.356 e. The molecule has 1 heterocycles. The number of aromatic nitrogens is 1. The van der Waals surface area contributed by atoms with Crippen molar-refractivity contribution in [3.63, 3.8) is 0 Å². The molecule has 0 aliphatic carbocycles. The summed E-state index contributed by atoms with van der Waals surface area (Å²) in [7, 11) is 0. The van der Waals surface area contributed by atoms with Crippen LogP contribution in [0, 0.1) is 0 Å². The lowest BCUT2D eigenvalue weighted by Crippen LogP contribution is -2.06. The minimum atomic E-state index is -0.407. The normalized spacial score (nSPS) is 9.77. The fraction of sp³-hybridized carbons (Fsp3) is 0.250. The third kappa shape index (κ3) is 2.77. The average molecular weight is 309 g/mol. The molecule has 0 saturated carbocycles. The Morgan fingerprint density at radius 2 is 2.23 bits per heavy atom. The van der Waals surface area contributed by atoms with Crippen LogP contribution in [0.15, 0.2) is 21.2 Å². The van der Waals surface area contributed by atoms with E-state index in [-0.39, 0.29) is 0 Å². The molecule has 0 radical (unpaired) electrons. The van der Waals surface area contributed by atoms with Crippen LogP contribution in [-0.2, 0) is 4.74 Å². The van der Waals surface area contributed by atoms with Crippen LogP contribution in [0.4, 0.5) is 0 Å². The number of nitrogens with zero attached hydrogens (tertiary/aromatic N) is 1. The minimum absolute atomic E-state index is 0.303. The first-order valence-electron chi connectivity index (χ1n) is 3.63. The number of rotatable bonds is 2. The first-order valence-corrected chi connectivity index (χ1v) is 5.22. The molecule has 0 saturated heterocycles. The average Bonchev–Trinajstić information content (AvgIpc) is 2.10. The van der Waals surface area contributed by atoms with Gasteiger partial charge in [0.1, 0.15) is 5.69 Å². The van der Waals surface area contributed by atoms with Crippen molar-refractivity contribution in [2.24, 2.45) is 0 Å². The highest BCUT2D eigenvalue weighted by molar-refractivity contribution is 9.13. The molecular formula is C8H7Br2NO2. The summed E-state index contributed by atoms with van der Waals surface area (Å²) in [5.74, 6) is -0.407. The van der Waals surface area contributed by atoms with Gasteiger partial charge in [-0.2, -0.15) is 0 Å². The van der Waals surface area contributed by atoms with E-state index in [9.17, 15) is 4.79 Å². The number of ether oxygens (including phenoxy) is 1. The molecule has 0 N–H and O–H groups in total. The van der Waals surface area contributed by atoms with Gasteiger partial charge in [0, 0.05) is 10.7 Å². The van der Waals surface area contributed by atoms with Crippen LogP contribution in [-0.4, -0.2) is 17.6 Å². The van der Waals surface area contributed by atoms with E-state index in [0.717, 1.165) is 8.95 Å². The second kappa shape index (κ2) is 4.72. The highest BCUT2D eigenvalue weighted by Crippen LogP contribution is 2.22. The molecule has 0 aliphatic heterocycles. The van der Waals surface area contributed by atoms with Crippen molar-refractivity contribution in [1.29, 1.82) is 0 Å². The molecule has 1 aromatic heterocycles. The molecule has 0 amide bonds. The summed E-state index contributed by atoms with van der Waals surface area (Å²) in [5.41, 5.74) is 0.303. The van der Waals surface area contributed by atoms with Gasteiger partial charge in [0.05, 0.1) is 11.1 Å². The SMILES string of the molecule is CCOC(=O)c1cc(Br)c(Br)cn1. The lowest BCUT2D eigenvalue weighted by molar-refractivity contribution is 0.0519. The molecule has 0 spiro atoms. The second-order valence-electron chi connectivity index (χ2n) is 2.20. The molecule has 0 aromatic carbocycles. The number of hydrogen-bond acceptors (Lipinski definition) is 3. The Labute approximate surface area is 92.8 Å². The largest absolute Gasteiger partial charge is 0.461 e. The van der Waals surface area contributed by atoms with Crippen molar-refractivity contribution in [3.8, 4) is 0 Å². The quantitative estimate of drug-likeness (QED) is 0.789. The fourth-order valence-electron chi connectivity index (χ4n) is 0.731. The zero-order valence-electron chi connectivity index (χ0n) is 6.88. The highest BCUT2D eigenvalue weighted by atomic mass is 79.9. The van der Waals surface area contributed by atoms with Crippen molar-refractivity contribution >= 4 is 37.8 Å². The Morgan fingerprint density at radius 3 is 2.77 bits per heavy atom. The molecule has 0 aliphatic rings. The second-order valence-corrected chi connectivity index (χ2v) is 3.91. The zero-order chi connectivity index (χ0) is 9.84. The maximum absolute atomic E-state index is 11.2. The first kappa shape index (κ1) is 10.7. The van der Waals surface area contributed by atoms with Gasteiger partial charge in [0.25, 0.3) is 0 Å². The van der Waals surface area contributed by atoms with E-state index in [1.807, 2.05) is 0 Å². The maximum Gasteiger partial charge on any atom is 0.356 e. The van der Waals surface area contributed by atoms with Gasteiger partial charge in [0.15, 0.2) is 0 Å². The summed E-state index contributed by atoms with van der Waals surface area (Å²) in [5, 5.41) is 0. The molecule has 5 heteroatoms. The first-order chi connectivity index (χ1) is 6.15. The van der Waals surface area contributed by atoms with Crippen molar-refractivity contribution in [2.75, 3.05) is 6.61 Å². The van der Waals surface area contributed by atoms with Gasteiger partial charge in [-0.15, -0.1) is 0 Å². The van der Waals surface area contributed by atoms with Gasteiger partial charge in [-0.3, -0.25) is 0 Å². The molecule has 3 nitrogen and oxygen atoms in total. The molecule has 0 bridgehead atoms. The molecule has 0 atom stereocenters. The molecule has 0 unspecified atom stereocenters. The minimum Gasteiger partial charge on any atom is -0.461 e. The summed E-state index contributed by atoms with van der Waals surface area (Å²) < 4.78 is 6.37. The summed E-state index contributed by atoms with van der Waals surface area (Å²) in [6, 6.07) is 1.61. The van der Waals surface area contributed by atoms with E-state index < -0.39 is 5.97 Å². The Morgan fingerprint density at radius 1 is 1.54 bits per heavy atom. The van der Waals surface area contributed by atoms with Crippen molar-refractivity contribution in [3.05, 3.63) is 26.9 Å². The zero-order valence-corrected chi connectivity index (χ0v) is 10.1. The Kier molecular flexibility index (Phi) is 3.87. The third-order valence-corrected chi connectivity index (χ3v) is 3.11. The van der Waals surface area contributed by atoms with Crippen molar-refractivity contribution in [2.45, 2.75) is 6.92 Å². The number of esters is 1. The van der Waals surface area contributed by atoms with Crippen LogP contribution in [0.25, 0.3) is 0 Å². The van der Waals surface area contributed by atoms with Gasteiger partial charge in [-0.05, 0) is 44.8 Å². The predicted octanol–water partition coefficient (Wildman–Crippen LogP) is 2.78. The lowest BCUT2D eigenvalue weighted by atomic mass is 10.3. The van der Waals surface area contributed by atoms with E-state index in [0.29, 0.717) is 12.3 Å². The van der Waals surface area contributed by atoms with Gasteiger partial charge in [0.2, 0.25) is 0 Å². The summed E-state index contributed by atoms with van der Waals surface area (Å²) in [4.78, 5) is 15.1. The predicted molar refractivity (Wildman–Crippen MR) is 55.6 cm³/mol. The van der Waals surface area contributed by atoms with Gasteiger partial charge in [-0.25, -0.2) is 9.78 Å². The van der Waals surface area contributed by atoms with Crippen LogP contribution in [0.3, 0.4) is 0 Å². The Balaban J connectivity index is 2.90. The summed E-state index contributed by atoms with van der Waals surface area (Å²) >= 11 is 6.53. The number of pyridine rings is 1. The topological polar surface area (TPSA) is 39.2 Å². The van der Waals surface area contributed by atoms with Crippen LogP contribution in [0.1, 0.15) is 17.4 Å². The number of carbonyl (C=O) groups excluding carboxylic acids is 1. The van der Waals surface area contributed by atoms with Crippen molar-refractivity contribution < 1.29 is 9.53 Å². The maximum atomic E-state index is 11.2. The van der Waals surface area contributed by atoms with Crippen molar-refractivity contribution in [1.82, 2.24) is 4.98 Å². The molecule has 0 fully saturated rings. The number of hydrogen-bond donors (Lipinski definition) is 0. The van der Waals surface area contributed by atoms with Gasteiger partial charge < -0.3 is 4.74 Å². The van der Waals surface area contributed by atoms with Crippen LogP contribution >= 0.6 is 31.9 Å². The van der Waals surface area contributed by atoms with E-state index in [1.165, 1.54) is 0 Å². The summed E-state index contributed by atoms with van der Waals surface area (Å²) in [6.45, 7) is 2.11. The standard InChI is InChI=1S/C8H7Br2NO2/c1-2-13-8(12)7-3-5(9)6(10)4-11-7/h3-4H,2H2,1H3. The monoisotopic (exact) mass is 307 g/mol. The Bertz CT molecular complexity index is 328. The van der Waals surface area contributed by atoms with Gasteiger partial charge >= 0.3 is 5.97 Å². The van der Waals surface area contributed by atoms with E-state index in [2.05, 4.69) is 36.8 Å². The van der Waals surface area contributed by atoms with Crippen LogP contribution < -0.4 is 0 Å².